The highest BCUT2D eigenvalue weighted by Crippen LogP contribution is 2.36. The number of pyridine rings is 1. The Labute approximate surface area is 158 Å². The lowest BCUT2D eigenvalue weighted by molar-refractivity contribution is 0.0696. The van der Waals surface area contributed by atoms with E-state index in [0.717, 1.165) is 10.9 Å². The first-order chi connectivity index (χ1) is 12.5. The number of fused-ring (bicyclic) bond motifs is 2. The molecule has 0 unspecified atom stereocenters. The summed E-state index contributed by atoms with van der Waals surface area (Å²) < 4.78 is 5.78. The molecular weight excluding hydrogens is 373 g/mol. The van der Waals surface area contributed by atoms with Crippen LogP contribution >= 0.6 is 23.2 Å². The largest absolute Gasteiger partial charge is 0.478 e. The molecule has 0 aliphatic rings. The van der Waals surface area contributed by atoms with Gasteiger partial charge in [-0.15, -0.1) is 0 Å². The van der Waals surface area contributed by atoms with Gasteiger partial charge in [0.15, 0.2) is 0 Å². The quantitative estimate of drug-likeness (QED) is 0.428. The molecule has 0 fully saturated rings. The van der Waals surface area contributed by atoms with E-state index in [4.69, 9.17) is 27.9 Å². The van der Waals surface area contributed by atoms with Gasteiger partial charge in [0.05, 0.1) is 16.1 Å². The number of carboxylic acid groups (broad SMARTS) is 1. The molecule has 128 valence electrons. The summed E-state index contributed by atoms with van der Waals surface area (Å²) in [5.41, 5.74) is 1.41. The van der Waals surface area contributed by atoms with Crippen molar-refractivity contribution in [3.05, 3.63) is 76.3 Å². The van der Waals surface area contributed by atoms with Crippen LogP contribution in [0.2, 0.25) is 10.0 Å². The summed E-state index contributed by atoms with van der Waals surface area (Å²) in [6.07, 6.45) is 0. The lowest BCUT2D eigenvalue weighted by Crippen LogP contribution is -2.02. The number of hydrogen-bond donors (Lipinski definition) is 1. The van der Waals surface area contributed by atoms with Crippen molar-refractivity contribution in [2.75, 3.05) is 0 Å². The van der Waals surface area contributed by atoms with Crippen molar-refractivity contribution in [3.63, 3.8) is 0 Å². The first-order valence-corrected chi connectivity index (χ1v) is 8.47. The van der Waals surface area contributed by atoms with Gasteiger partial charge in [-0.3, -0.25) is 0 Å². The molecule has 0 spiro atoms. The Morgan fingerprint density at radius 2 is 1.69 bits per heavy atom. The van der Waals surface area contributed by atoms with Crippen molar-refractivity contribution < 1.29 is 14.6 Å². The highest BCUT2D eigenvalue weighted by Gasteiger charge is 2.18. The second kappa shape index (κ2) is 6.48. The van der Waals surface area contributed by atoms with Crippen molar-refractivity contribution in [1.29, 1.82) is 0 Å². The van der Waals surface area contributed by atoms with Crippen molar-refractivity contribution in [1.82, 2.24) is 4.98 Å². The molecule has 3 aromatic carbocycles. The number of hydrogen-bond acceptors (Lipinski definition) is 3. The number of nitrogens with zero attached hydrogens (tertiary/aromatic N) is 1. The molecule has 0 radical (unpaired) electrons. The Bertz CT molecular complexity index is 1170. The Morgan fingerprint density at radius 1 is 0.923 bits per heavy atom. The smallest absolute Gasteiger partial charge is 0.340 e. The Balaban J connectivity index is 1.93. The number of ether oxygens (including phenoxy) is 1. The molecule has 0 saturated heterocycles. The van der Waals surface area contributed by atoms with E-state index in [1.807, 2.05) is 24.3 Å². The lowest BCUT2D eigenvalue weighted by atomic mass is 10.0. The van der Waals surface area contributed by atoms with Gasteiger partial charge in [-0.1, -0.05) is 41.4 Å². The molecule has 6 heteroatoms. The van der Waals surface area contributed by atoms with Gasteiger partial charge in [0.1, 0.15) is 17.1 Å². The van der Waals surface area contributed by atoms with Gasteiger partial charge in [0.25, 0.3) is 0 Å². The topological polar surface area (TPSA) is 59.4 Å². The average molecular weight is 384 g/mol. The van der Waals surface area contributed by atoms with E-state index in [-0.39, 0.29) is 11.3 Å². The van der Waals surface area contributed by atoms with Crippen molar-refractivity contribution >= 4 is 51.0 Å². The fourth-order valence-electron chi connectivity index (χ4n) is 2.81. The zero-order valence-electron chi connectivity index (χ0n) is 13.2. The molecule has 1 N–H and O–H groups in total. The molecule has 0 saturated carbocycles. The minimum absolute atomic E-state index is 0.0340. The number of para-hydroxylation sites is 1. The number of aromatic carboxylic acids is 1. The van der Waals surface area contributed by atoms with Gasteiger partial charge in [-0.05, 0) is 42.5 Å². The number of halogens is 2. The third kappa shape index (κ3) is 2.94. The molecule has 4 nitrogen and oxygen atoms in total. The van der Waals surface area contributed by atoms with E-state index < -0.39 is 5.97 Å². The van der Waals surface area contributed by atoms with E-state index in [2.05, 4.69) is 4.98 Å². The monoisotopic (exact) mass is 383 g/mol. The second-order valence-corrected chi connectivity index (χ2v) is 6.51. The van der Waals surface area contributed by atoms with Crippen LogP contribution in [0.15, 0.2) is 60.7 Å². The summed E-state index contributed by atoms with van der Waals surface area (Å²) in [5, 5.41) is 11.9. The van der Waals surface area contributed by atoms with Crippen molar-refractivity contribution in [2.24, 2.45) is 0 Å². The van der Waals surface area contributed by atoms with Crippen LogP contribution in [0.4, 0.5) is 0 Å². The predicted octanol–water partition coefficient (Wildman–Crippen LogP) is 6.19. The zero-order valence-corrected chi connectivity index (χ0v) is 14.8. The fraction of sp³-hybridized carbons (Fsp3) is 0. The third-order valence-corrected chi connectivity index (χ3v) is 4.52. The number of rotatable bonds is 3. The van der Waals surface area contributed by atoms with Crippen LogP contribution in [0.3, 0.4) is 0 Å². The van der Waals surface area contributed by atoms with Crippen LogP contribution in [0, 0.1) is 0 Å². The minimum Gasteiger partial charge on any atom is -0.478 e. The SMILES string of the molecule is O=C(O)c1c(Oc2ccc(Cl)cc2Cl)ccc2nc3ccccc3cc12. The summed E-state index contributed by atoms with van der Waals surface area (Å²) >= 11 is 12.0. The highest BCUT2D eigenvalue weighted by atomic mass is 35.5. The van der Waals surface area contributed by atoms with Crippen LogP contribution in [-0.4, -0.2) is 16.1 Å². The molecule has 0 aliphatic carbocycles. The van der Waals surface area contributed by atoms with E-state index >= 15 is 0 Å². The molecule has 0 aliphatic heterocycles. The van der Waals surface area contributed by atoms with Crippen molar-refractivity contribution in [2.45, 2.75) is 0 Å². The van der Waals surface area contributed by atoms with Gasteiger partial charge >= 0.3 is 5.97 Å². The van der Waals surface area contributed by atoms with E-state index in [9.17, 15) is 9.90 Å². The number of carboxylic acids is 1. The lowest BCUT2D eigenvalue weighted by Gasteiger charge is -2.13. The summed E-state index contributed by atoms with van der Waals surface area (Å²) in [6.45, 7) is 0. The highest BCUT2D eigenvalue weighted by molar-refractivity contribution is 6.35. The molecular formula is C20H11Cl2NO3. The van der Waals surface area contributed by atoms with Gasteiger partial charge in [-0.25, -0.2) is 9.78 Å². The van der Waals surface area contributed by atoms with Gasteiger partial charge in [0, 0.05) is 15.8 Å². The van der Waals surface area contributed by atoms with Crippen LogP contribution in [0.1, 0.15) is 10.4 Å². The number of benzene rings is 3. The average Bonchev–Trinajstić information content (AvgIpc) is 2.61. The number of carbonyl (C=O) groups is 1. The van der Waals surface area contributed by atoms with E-state index in [1.54, 1.807) is 30.3 Å². The van der Waals surface area contributed by atoms with Crippen molar-refractivity contribution in [3.8, 4) is 11.5 Å². The molecule has 1 aromatic heterocycles. The standard InChI is InChI=1S/C20H11Cl2NO3/c21-12-5-7-17(14(22)10-12)26-18-8-6-16-13(19(18)20(24)25)9-11-3-1-2-4-15(11)23-16/h1-10H,(H,24,25). The minimum atomic E-state index is -1.10. The number of aromatic nitrogens is 1. The summed E-state index contributed by atoms with van der Waals surface area (Å²) in [5.74, 6) is -0.592. The van der Waals surface area contributed by atoms with Crippen LogP contribution in [0.5, 0.6) is 11.5 Å². The maximum Gasteiger partial charge on any atom is 0.340 e. The Kier molecular flexibility index (Phi) is 4.15. The van der Waals surface area contributed by atoms with Gasteiger partial charge in [0.2, 0.25) is 0 Å². The van der Waals surface area contributed by atoms with Crippen LogP contribution in [-0.2, 0) is 0 Å². The Hall–Kier alpha value is -2.82. The summed E-state index contributed by atoms with van der Waals surface area (Å²) in [7, 11) is 0. The van der Waals surface area contributed by atoms with Gasteiger partial charge < -0.3 is 9.84 Å². The molecule has 26 heavy (non-hydrogen) atoms. The molecule has 4 aromatic rings. The van der Waals surface area contributed by atoms with Gasteiger partial charge in [-0.2, -0.15) is 0 Å². The first kappa shape index (κ1) is 16.6. The Morgan fingerprint density at radius 3 is 2.46 bits per heavy atom. The van der Waals surface area contributed by atoms with E-state index in [0.29, 0.717) is 26.7 Å². The third-order valence-electron chi connectivity index (χ3n) is 3.99. The molecule has 1 heterocycles. The molecule has 4 rings (SSSR count). The molecule has 0 atom stereocenters. The first-order valence-electron chi connectivity index (χ1n) is 7.71. The fourth-order valence-corrected chi connectivity index (χ4v) is 3.26. The summed E-state index contributed by atoms with van der Waals surface area (Å²) in [4.78, 5) is 16.5. The summed E-state index contributed by atoms with van der Waals surface area (Å²) in [6, 6.07) is 17.4. The predicted molar refractivity (Wildman–Crippen MR) is 103 cm³/mol. The maximum atomic E-state index is 11.9. The van der Waals surface area contributed by atoms with Crippen LogP contribution < -0.4 is 4.74 Å². The maximum absolute atomic E-state index is 11.9. The van der Waals surface area contributed by atoms with E-state index in [1.165, 1.54) is 6.07 Å². The second-order valence-electron chi connectivity index (χ2n) is 5.67. The normalized spacial score (nSPS) is 11.0. The molecule has 0 amide bonds. The van der Waals surface area contributed by atoms with Crippen LogP contribution in [0.25, 0.3) is 21.8 Å². The zero-order chi connectivity index (χ0) is 18.3. The molecule has 0 bridgehead atoms.